The van der Waals surface area contributed by atoms with E-state index in [2.05, 4.69) is 22.0 Å². The summed E-state index contributed by atoms with van der Waals surface area (Å²) in [6.45, 7) is 1.46. The van der Waals surface area contributed by atoms with E-state index >= 15 is 0 Å². The highest BCUT2D eigenvalue weighted by atomic mass is 79.9. The minimum absolute atomic E-state index is 0.0671. The molecule has 11 heavy (non-hydrogen) atoms. The Labute approximate surface area is 78.4 Å². The highest BCUT2D eigenvalue weighted by Crippen LogP contribution is 2.34. The molecule has 2 nitrogen and oxygen atoms in total. The second kappa shape index (κ2) is 3.47. The van der Waals surface area contributed by atoms with Crippen LogP contribution in [0.15, 0.2) is 11.0 Å². The number of allylic oxidation sites excluding steroid dienone is 1. The number of halogens is 1. The van der Waals surface area contributed by atoms with Crippen molar-refractivity contribution in [3.05, 3.63) is 11.0 Å². The third kappa shape index (κ3) is 1.80. The molecule has 0 amide bonds. The fourth-order valence-electron chi connectivity index (χ4n) is 1.12. The third-order valence-corrected chi connectivity index (χ3v) is 3.81. The second-order valence-corrected chi connectivity index (χ2v) is 4.74. The average Bonchev–Trinajstić information content (AvgIpc) is 2.55. The van der Waals surface area contributed by atoms with Crippen molar-refractivity contribution in [2.75, 3.05) is 19.0 Å². The van der Waals surface area contributed by atoms with Crippen LogP contribution in [0.25, 0.3) is 0 Å². The van der Waals surface area contributed by atoms with Crippen LogP contribution in [0, 0.1) is 0 Å². The van der Waals surface area contributed by atoms with Gasteiger partial charge in [0.2, 0.25) is 0 Å². The zero-order valence-electron chi connectivity index (χ0n) is 5.96. The summed E-state index contributed by atoms with van der Waals surface area (Å²) in [5.74, 6) is 1.10. The Morgan fingerprint density at radius 1 is 1.45 bits per heavy atom. The predicted molar refractivity (Wildman–Crippen MR) is 48.9 cm³/mol. The molecule has 1 unspecified atom stereocenters. The predicted octanol–water partition coefficient (Wildman–Crippen LogP) is 1.75. The van der Waals surface area contributed by atoms with Gasteiger partial charge in [-0.2, -0.15) is 0 Å². The van der Waals surface area contributed by atoms with E-state index in [0.29, 0.717) is 4.83 Å². The van der Waals surface area contributed by atoms with E-state index in [-0.39, 0.29) is 6.29 Å². The van der Waals surface area contributed by atoms with Crippen molar-refractivity contribution in [1.82, 2.24) is 0 Å². The van der Waals surface area contributed by atoms with Gasteiger partial charge in [-0.3, -0.25) is 0 Å². The summed E-state index contributed by atoms with van der Waals surface area (Å²) >= 11 is 5.33. The molecule has 0 N–H and O–H groups in total. The van der Waals surface area contributed by atoms with E-state index in [1.807, 2.05) is 11.8 Å². The first kappa shape index (κ1) is 8.10. The molecular weight excluding hydrogens is 228 g/mol. The number of rotatable bonds is 1. The fraction of sp³-hybridized carbons (Fsp3) is 0.714. The lowest BCUT2D eigenvalue weighted by atomic mass is 10.4. The topological polar surface area (TPSA) is 18.5 Å². The van der Waals surface area contributed by atoms with Gasteiger partial charge in [0.05, 0.1) is 13.2 Å². The largest absolute Gasteiger partial charge is 0.346 e. The quantitative estimate of drug-likeness (QED) is 0.647. The van der Waals surface area contributed by atoms with Crippen molar-refractivity contribution >= 4 is 27.7 Å². The van der Waals surface area contributed by atoms with E-state index in [4.69, 9.17) is 9.47 Å². The van der Waals surface area contributed by atoms with Gasteiger partial charge in [-0.15, -0.1) is 11.8 Å². The number of hydrogen-bond donors (Lipinski definition) is 0. The molecule has 62 valence electrons. The van der Waals surface area contributed by atoms with Crippen molar-refractivity contribution in [3.8, 4) is 0 Å². The van der Waals surface area contributed by atoms with E-state index in [9.17, 15) is 0 Å². The Bertz CT molecular complexity index is 177. The van der Waals surface area contributed by atoms with Crippen LogP contribution in [0.3, 0.4) is 0 Å². The molecule has 0 bridgehead atoms. The van der Waals surface area contributed by atoms with E-state index in [1.54, 1.807) is 0 Å². The maximum Gasteiger partial charge on any atom is 0.189 e. The first-order valence-electron chi connectivity index (χ1n) is 3.58. The van der Waals surface area contributed by atoms with Crippen molar-refractivity contribution in [1.29, 1.82) is 0 Å². The third-order valence-electron chi connectivity index (χ3n) is 1.61. The summed E-state index contributed by atoms with van der Waals surface area (Å²) in [6, 6.07) is 0. The van der Waals surface area contributed by atoms with Gasteiger partial charge in [0.25, 0.3) is 0 Å². The highest BCUT2D eigenvalue weighted by Gasteiger charge is 2.25. The molecule has 4 heteroatoms. The Hall–Kier alpha value is 0.490. The Morgan fingerprint density at radius 2 is 2.18 bits per heavy atom. The molecule has 0 radical (unpaired) electrons. The summed E-state index contributed by atoms with van der Waals surface area (Å²) < 4.78 is 10.7. The van der Waals surface area contributed by atoms with Gasteiger partial charge >= 0.3 is 0 Å². The van der Waals surface area contributed by atoms with Crippen LogP contribution in [0.4, 0.5) is 0 Å². The number of alkyl halides is 1. The molecule has 0 aliphatic carbocycles. The zero-order valence-corrected chi connectivity index (χ0v) is 8.36. The lowest BCUT2D eigenvalue weighted by molar-refractivity contribution is -0.00448. The Morgan fingerprint density at radius 3 is 2.73 bits per heavy atom. The highest BCUT2D eigenvalue weighted by molar-refractivity contribution is 9.09. The van der Waals surface area contributed by atoms with Crippen LogP contribution in [0.2, 0.25) is 0 Å². The lowest BCUT2D eigenvalue weighted by Crippen LogP contribution is -2.07. The molecule has 1 saturated heterocycles. The van der Waals surface area contributed by atoms with E-state index < -0.39 is 0 Å². The average molecular weight is 237 g/mol. The Balaban J connectivity index is 1.98. The number of ether oxygens (including phenoxy) is 2. The second-order valence-electron chi connectivity index (χ2n) is 2.47. The normalized spacial score (nSPS) is 32.8. The molecule has 0 aromatic rings. The van der Waals surface area contributed by atoms with Gasteiger partial charge in [-0.1, -0.05) is 22.0 Å². The van der Waals surface area contributed by atoms with Gasteiger partial charge in [-0.05, 0) is 0 Å². The standard InChI is InChI=1S/C7H9BrO2S/c8-5-3-6(11-4-5)7-9-1-2-10-7/h3,5,7H,1-2,4H2. The minimum atomic E-state index is -0.0671. The number of hydrogen-bond acceptors (Lipinski definition) is 3. The van der Waals surface area contributed by atoms with Crippen molar-refractivity contribution in [3.63, 3.8) is 0 Å². The monoisotopic (exact) mass is 236 g/mol. The van der Waals surface area contributed by atoms with Gasteiger partial charge in [0.1, 0.15) is 0 Å². The summed E-state index contributed by atoms with van der Waals surface area (Å²) in [5.41, 5.74) is 0. The summed E-state index contributed by atoms with van der Waals surface area (Å²) in [6.07, 6.45) is 2.10. The smallest absolute Gasteiger partial charge is 0.189 e. The van der Waals surface area contributed by atoms with Crippen molar-refractivity contribution < 1.29 is 9.47 Å². The van der Waals surface area contributed by atoms with Crippen molar-refractivity contribution in [2.45, 2.75) is 11.1 Å². The van der Waals surface area contributed by atoms with Crippen LogP contribution in [-0.2, 0) is 9.47 Å². The van der Waals surface area contributed by atoms with Crippen LogP contribution in [0.5, 0.6) is 0 Å². The molecule has 0 aromatic carbocycles. The first-order valence-corrected chi connectivity index (χ1v) is 5.48. The molecule has 0 aromatic heterocycles. The van der Waals surface area contributed by atoms with Gasteiger partial charge in [0.15, 0.2) is 6.29 Å². The van der Waals surface area contributed by atoms with Gasteiger partial charge in [-0.25, -0.2) is 0 Å². The lowest BCUT2D eigenvalue weighted by Gasteiger charge is -2.07. The van der Waals surface area contributed by atoms with Crippen LogP contribution in [0.1, 0.15) is 0 Å². The molecule has 2 rings (SSSR count). The van der Waals surface area contributed by atoms with E-state index in [1.165, 1.54) is 4.91 Å². The van der Waals surface area contributed by atoms with E-state index in [0.717, 1.165) is 19.0 Å². The van der Waals surface area contributed by atoms with Crippen LogP contribution < -0.4 is 0 Å². The molecule has 2 heterocycles. The van der Waals surface area contributed by atoms with Crippen LogP contribution in [-0.4, -0.2) is 30.1 Å². The van der Waals surface area contributed by atoms with Crippen molar-refractivity contribution in [2.24, 2.45) is 0 Å². The molecular formula is C7H9BrO2S. The Kier molecular flexibility index (Phi) is 2.56. The number of thioether (sulfide) groups is 1. The molecule has 0 saturated carbocycles. The minimum Gasteiger partial charge on any atom is -0.346 e. The summed E-state index contributed by atoms with van der Waals surface area (Å²) in [5, 5.41) is 0. The maximum absolute atomic E-state index is 5.35. The molecule has 2 aliphatic rings. The zero-order chi connectivity index (χ0) is 7.68. The fourth-order valence-corrected chi connectivity index (χ4v) is 2.96. The summed E-state index contributed by atoms with van der Waals surface area (Å²) in [4.78, 5) is 1.72. The molecule has 1 fully saturated rings. The van der Waals surface area contributed by atoms with Gasteiger partial charge < -0.3 is 9.47 Å². The maximum atomic E-state index is 5.35. The molecule has 0 spiro atoms. The van der Waals surface area contributed by atoms with Crippen LogP contribution >= 0.6 is 27.7 Å². The SMILES string of the molecule is BrC1C=C(C2OCCO2)SC1. The summed E-state index contributed by atoms with van der Waals surface area (Å²) in [7, 11) is 0. The molecule has 2 aliphatic heterocycles. The van der Waals surface area contributed by atoms with Gasteiger partial charge in [0, 0.05) is 15.5 Å². The first-order chi connectivity index (χ1) is 5.36. The molecule has 1 atom stereocenters.